The summed E-state index contributed by atoms with van der Waals surface area (Å²) in [6.07, 6.45) is 2.69. The van der Waals surface area contributed by atoms with Crippen molar-refractivity contribution < 1.29 is 0 Å². The lowest BCUT2D eigenvalue weighted by Gasteiger charge is -2.27. The minimum absolute atomic E-state index is 0.564. The van der Waals surface area contributed by atoms with Gasteiger partial charge in [0.2, 0.25) is 0 Å². The van der Waals surface area contributed by atoms with E-state index in [1.54, 1.807) is 6.07 Å². The molecule has 0 atom stereocenters. The van der Waals surface area contributed by atoms with Crippen LogP contribution >= 0.6 is 23.2 Å². The van der Waals surface area contributed by atoms with Crippen LogP contribution in [0.4, 0.5) is 5.69 Å². The Hall–Kier alpha value is -1.17. The van der Waals surface area contributed by atoms with Gasteiger partial charge in [0.1, 0.15) is 0 Å². The summed E-state index contributed by atoms with van der Waals surface area (Å²) in [5.74, 6) is 0. The summed E-state index contributed by atoms with van der Waals surface area (Å²) in [6.45, 7) is 1.52. The SMILES string of the molecule is N#CC1=CCN(c2cccc(Cl)c2Cl)CC1. The fourth-order valence-corrected chi connectivity index (χ4v) is 2.14. The standard InChI is InChI=1S/C12H10Cl2N2/c13-10-2-1-3-11(12(10)14)16-6-4-9(8-15)5-7-16/h1-4H,5-7H2. The lowest BCUT2D eigenvalue weighted by Crippen LogP contribution is -2.28. The zero-order valence-corrected chi connectivity index (χ0v) is 10.1. The molecule has 0 N–H and O–H groups in total. The Balaban J connectivity index is 2.25. The number of rotatable bonds is 1. The second-order valence-corrected chi connectivity index (χ2v) is 4.40. The van der Waals surface area contributed by atoms with E-state index in [1.165, 1.54) is 0 Å². The first-order chi connectivity index (χ1) is 7.72. The normalized spacial score (nSPS) is 15.6. The van der Waals surface area contributed by atoms with E-state index in [0.29, 0.717) is 16.6 Å². The molecule has 0 aliphatic carbocycles. The van der Waals surface area contributed by atoms with Gasteiger partial charge in [-0.15, -0.1) is 0 Å². The van der Waals surface area contributed by atoms with Crippen LogP contribution in [-0.4, -0.2) is 13.1 Å². The highest BCUT2D eigenvalue weighted by atomic mass is 35.5. The topological polar surface area (TPSA) is 27.0 Å². The zero-order valence-electron chi connectivity index (χ0n) is 8.58. The largest absolute Gasteiger partial charge is 0.366 e. The molecule has 2 rings (SSSR count). The number of hydrogen-bond acceptors (Lipinski definition) is 2. The van der Waals surface area contributed by atoms with Crippen molar-refractivity contribution >= 4 is 28.9 Å². The number of nitriles is 1. The summed E-state index contributed by atoms with van der Waals surface area (Å²) in [7, 11) is 0. The first-order valence-electron chi connectivity index (χ1n) is 5.00. The highest BCUT2D eigenvalue weighted by molar-refractivity contribution is 6.43. The van der Waals surface area contributed by atoms with E-state index in [0.717, 1.165) is 24.2 Å². The van der Waals surface area contributed by atoms with Crippen LogP contribution in [0.1, 0.15) is 6.42 Å². The van der Waals surface area contributed by atoms with Gasteiger partial charge >= 0.3 is 0 Å². The van der Waals surface area contributed by atoms with Crippen LogP contribution in [0.3, 0.4) is 0 Å². The molecule has 1 aliphatic heterocycles. The molecule has 2 nitrogen and oxygen atoms in total. The van der Waals surface area contributed by atoms with E-state index in [4.69, 9.17) is 28.5 Å². The molecule has 1 heterocycles. The number of hydrogen-bond donors (Lipinski definition) is 0. The second-order valence-electron chi connectivity index (χ2n) is 3.61. The Labute approximate surface area is 105 Å². The molecule has 0 saturated carbocycles. The maximum Gasteiger partial charge on any atom is 0.0945 e. The molecule has 4 heteroatoms. The predicted molar refractivity (Wildman–Crippen MR) is 67.0 cm³/mol. The lowest BCUT2D eigenvalue weighted by atomic mass is 10.1. The highest BCUT2D eigenvalue weighted by Crippen LogP contribution is 2.33. The molecule has 0 aromatic heterocycles. The van der Waals surface area contributed by atoms with Crippen molar-refractivity contribution in [2.24, 2.45) is 0 Å². The van der Waals surface area contributed by atoms with Gasteiger partial charge in [0.25, 0.3) is 0 Å². The van der Waals surface area contributed by atoms with Crippen LogP contribution in [0.25, 0.3) is 0 Å². The minimum Gasteiger partial charge on any atom is -0.366 e. The van der Waals surface area contributed by atoms with Gasteiger partial charge in [-0.1, -0.05) is 35.3 Å². The summed E-state index contributed by atoms with van der Waals surface area (Å²) in [6, 6.07) is 7.77. The monoisotopic (exact) mass is 252 g/mol. The maximum atomic E-state index is 8.76. The van der Waals surface area contributed by atoms with Gasteiger partial charge in [-0.25, -0.2) is 0 Å². The van der Waals surface area contributed by atoms with Crippen molar-refractivity contribution in [2.45, 2.75) is 6.42 Å². The van der Waals surface area contributed by atoms with Gasteiger partial charge in [-0.05, 0) is 18.6 Å². The van der Waals surface area contributed by atoms with Gasteiger partial charge in [0.05, 0.1) is 21.8 Å². The molecule has 0 bridgehead atoms. The van der Waals surface area contributed by atoms with E-state index in [1.807, 2.05) is 18.2 Å². The average Bonchev–Trinajstić information content (AvgIpc) is 2.33. The summed E-state index contributed by atoms with van der Waals surface area (Å²) in [5, 5.41) is 9.91. The fourth-order valence-electron chi connectivity index (χ4n) is 1.73. The summed E-state index contributed by atoms with van der Waals surface area (Å²) in [4.78, 5) is 2.12. The Bertz CT molecular complexity index is 474. The molecule has 0 unspecified atom stereocenters. The van der Waals surface area contributed by atoms with E-state index < -0.39 is 0 Å². The van der Waals surface area contributed by atoms with Crippen molar-refractivity contribution in [3.63, 3.8) is 0 Å². The predicted octanol–water partition coefficient (Wildman–Crippen LogP) is 3.65. The Morgan fingerprint density at radius 1 is 1.31 bits per heavy atom. The molecule has 1 aromatic rings. The molecule has 0 fully saturated rings. The van der Waals surface area contributed by atoms with Gasteiger partial charge in [0.15, 0.2) is 0 Å². The molecule has 82 valence electrons. The summed E-state index contributed by atoms with van der Waals surface area (Å²) < 4.78 is 0. The van der Waals surface area contributed by atoms with Crippen molar-refractivity contribution in [2.75, 3.05) is 18.0 Å². The van der Waals surface area contributed by atoms with Crippen LogP contribution in [0.15, 0.2) is 29.8 Å². The van der Waals surface area contributed by atoms with Gasteiger partial charge in [0, 0.05) is 18.7 Å². The quantitative estimate of drug-likeness (QED) is 0.763. The minimum atomic E-state index is 0.564. The second kappa shape index (κ2) is 4.78. The van der Waals surface area contributed by atoms with Gasteiger partial charge in [-0.3, -0.25) is 0 Å². The molecule has 0 saturated heterocycles. The number of anilines is 1. The van der Waals surface area contributed by atoms with Crippen LogP contribution < -0.4 is 4.90 Å². The molecular formula is C12H10Cl2N2. The third-order valence-corrected chi connectivity index (χ3v) is 3.43. The molecule has 0 spiro atoms. The Morgan fingerprint density at radius 3 is 2.75 bits per heavy atom. The van der Waals surface area contributed by atoms with E-state index in [9.17, 15) is 0 Å². The Kier molecular flexibility index (Phi) is 3.38. The smallest absolute Gasteiger partial charge is 0.0945 e. The average molecular weight is 253 g/mol. The van der Waals surface area contributed by atoms with Gasteiger partial charge in [-0.2, -0.15) is 5.26 Å². The lowest BCUT2D eigenvalue weighted by molar-refractivity contribution is 0.802. The summed E-state index contributed by atoms with van der Waals surface area (Å²) in [5.41, 5.74) is 1.77. The Morgan fingerprint density at radius 2 is 2.12 bits per heavy atom. The number of benzene rings is 1. The first kappa shape index (κ1) is 11.3. The first-order valence-corrected chi connectivity index (χ1v) is 5.76. The van der Waals surface area contributed by atoms with E-state index in [-0.39, 0.29) is 0 Å². The third-order valence-electron chi connectivity index (χ3n) is 2.62. The number of halogens is 2. The summed E-state index contributed by atoms with van der Waals surface area (Å²) >= 11 is 12.1. The highest BCUT2D eigenvalue weighted by Gasteiger charge is 2.15. The van der Waals surface area contributed by atoms with Crippen LogP contribution in [0.2, 0.25) is 10.0 Å². The fraction of sp³-hybridized carbons (Fsp3) is 0.250. The van der Waals surface area contributed by atoms with E-state index in [2.05, 4.69) is 11.0 Å². The molecule has 16 heavy (non-hydrogen) atoms. The third kappa shape index (κ3) is 2.16. The van der Waals surface area contributed by atoms with Crippen LogP contribution in [-0.2, 0) is 0 Å². The number of nitrogens with zero attached hydrogens (tertiary/aromatic N) is 2. The zero-order chi connectivity index (χ0) is 11.5. The molecule has 1 aromatic carbocycles. The molecular weight excluding hydrogens is 243 g/mol. The molecule has 0 radical (unpaired) electrons. The molecule has 1 aliphatic rings. The van der Waals surface area contributed by atoms with Crippen LogP contribution in [0.5, 0.6) is 0 Å². The van der Waals surface area contributed by atoms with Crippen molar-refractivity contribution in [3.8, 4) is 6.07 Å². The van der Waals surface area contributed by atoms with Crippen molar-refractivity contribution in [3.05, 3.63) is 39.9 Å². The van der Waals surface area contributed by atoms with Gasteiger partial charge < -0.3 is 4.90 Å². The van der Waals surface area contributed by atoms with Crippen molar-refractivity contribution in [1.82, 2.24) is 0 Å². The van der Waals surface area contributed by atoms with Crippen LogP contribution in [0, 0.1) is 11.3 Å². The van der Waals surface area contributed by atoms with Crippen molar-refractivity contribution in [1.29, 1.82) is 5.26 Å². The van der Waals surface area contributed by atoms with E-state index >= 15 is 0 Å². The maximum absolute atomic E-state index is 8.76. The molecule has 0 amide bonds.